The lowest BCUT2D eigenvalue weighted by Gasteiger charge is -2.21. The summed E-state index contributed by atoms with van der Waals surface area (Å²) in [5, 5.41) is 14.9. The first-order chi connectivity index (χ1) is 12.2. The molecule has 1 N–H and O–H groups in total. The molecular weight excluding hydrogens is 316 g/mol. The number of tetrazole rings is 1. The minimum atomic E-state index is -0.324. The Labute approximate surface area is 145 Å². The summed E-state index contributed by atoms with van der Waals surface area (Å²) in [6.07, 6.45) is 0.875. The summed E-state index contributed by atoms with van der Waals surface area (Å²) in [5.74, 6) is 0.590. The van der Waals surface area contributed by atoms with Gasteiger partial charge < -0.3 is 5.32 Å². The van der Waals surface area contributed by atoms with Gasteiger partial charge in [0.25, 0.3) is 0 Å². The fourth-order valence-corrected chi connectivity index (χ4v) is 3.09. The minimum Gasteiger partial charge on any atom is -0.328 e. The zero-order chi connectivity index (χ0) is 17.2. The first kappa shape index (κ1) is 15.3. The molecule has 7 heteroatoms. The number of para-hydroxylation sites is 2. The van der Waals surface area contributed by atoms with Crippen molar-refractivity contribution in [3.63, 3.8) is 0 Å². The molecular formula is C18H18N6O. The van der Waals surface area contributed by atoms with Crippen LogP contribution in [0.15, 0.2) is 54.6 Å². The van der Waals surface area contributed by atoms with Gasteiger partial charge in [-0.05, 0) is 47.5 Å². The number of fused-ring (bicyclic) bond motifs is 1. The molecule has 0 saturated heterocycles. The Kier molecular flexibility index (Phi) is 3.89. The Hall–Kier alpha value is -3.22. The first-order valence-electron chi connectivity index (χ1n) is 8.23. The number of amides is 2. The van der Waals surface area contributed by atoms with Gasteiger partial charge in [-0.15, -0.1) is 5.10 Å². The van der Waals surface area contributed by atoms with E-state index in [4.69, 9.17) is 0 Å². The number of nitrogens with zero attached hydrogens (tertiary/aromatic N) is 5. The van der Waals surface area contributed by atoms with E-state index in [1.54, 1.807) is 9.58 Å². The van der Waals surface area contributed by atoms with Crippen LogP contribution < -0.4 is 10.2 Å². The molecule has 0 aliphatic carbocycles. The van der Waals surface area contributed by atoms with E-state index in [-0.39, 0.29) is 12.1 Å². The number of urea groups is 1. The van der Waals surface area contributed by atoms with Crippen molar-refractivity contribution in [2.24, 2.45) is 0 Å². The Balaban J connectivity index is 1.53. The van der Waals surface area contributed by atoms with Crippen molar-refractivity contribution in [1.29, 1.82) is 0 Å². The molecule has 0 bridgehead atoms. The van der Waals surface area contributed by atoms with Crippen LogP contribution in [0, 0.1) is 0 Å². The fraction of sp³-hybridized carbons (Fsp3) is 0.222. The zero-order valence-electron chi connectivity index (χ0n) is 13.8. The molecule has 4 rings (SSSR count). The largest absolute Gasteiger partial charge is 0.328 e. The molecule has 1 aliphatic heterocycles. The van der Waals surface area contributed by atoms with Crippen LogP contribution in [0.1, 0.15) is 24.4 Å². The zero-order valence-corrected chi connectivity index (χ0v) is 13.8. The van der Waals surface area contributed by atoms with Crippen molar-refractivity contribution in [3.8, 4) is 5.69 Å². The average Bonchev–Trinajstić information content (AvgIpc) is 3.29. The summed E-state index contributed by atoms with van der Waals surface area (Å²) >= 11 is 0. The number of aromatic nitrogens is 4. The molecule has 1 aliphatic rings. The number of carbonyl (C=O) groups is 1. The number of benzene rings is 2. The van der Waals surface area contributed by atoms with Gasteiger partial charge >= 0.3 is 6.03 Å². The highest BCUT2D eigenvalue weighted by atomic mass is 16.2. The monoisotopic (exact) mass is 334 g/mol. The van der Waals surface area contributed by atoms with E-state index >= 15 is 0 Å². The number of carbonyl (C=O) groups excluding carboxylic acids is 1. The fourth-order valence-electron chi connectivity index (χ4n) is 3.09. The second-order valence-electron chi connectivity index (χ2n) is 5.99. The van der Waals surface area contributed by atoms with E-state index in [0.29, 0.717) is 12.4 Å². The highest BCUT2D eigenvalue weighted by Gasteiger charge is 2.26. The van der Waals surface area contributed by atoms with Crippen molar-refractivity contribution >= 4 is 11.7 Å². The lowest BCUT2D eigenvalue weighted by Crippen LogP contribution is -2.40. The number of hydrogen-bond donors (Lipinski definition) is 1. The molecule has 2 amide bonds. The van der Waals surface area contributed by atoms with Crippen LogP contribution in [0.2, 0.25) is 0 Å². The average molecular weight is 334 g/mol. The molecule has 25 heavy (non-hydrogen) atoms. The van der Waals surface area contributed by atoms with Crippen molar-refractivity contribution in [2.75, 3.05) is 11.4 Å². The van der Waals surface area contributed by atoms with Gasteiger partial charge in [-0.25, -0.2) is 4.79 Å². The summed E-state index contributed by atoms with van der Waals surface area (Å²) in [5.41, 5.74) is 3.02. The quantitative estimate of drug-likeness (QED) is 0.798. The molecule has 0 fully saturated rings. The molecule has 7 nitrogen and oxygen atoms in total. The van der Waals surface area contributed by atoms with Gasteiger partial charge in [0.1, 0.15) is 0 Å². The van der Waals surface area contributed by atoms with E-state index in [0.717, 1.165) is 17.8 Å². The second-order valence-corrected chi connectivity index (χ2v) is 5.99. The molecule has 3 aromatic rings. The summed E-state index contributed by atoms with van der Waals surface area (Å²) in [7, 11) is 0. The molecule has 2 aromatic carbocycles. The number of anilines is 1. The Morgan fingerprint density at radius 1 is 1.12 bits per heavy atom. The van der Waals surface area contributed by atoms with Crippen LogP contribution in [0.4, 0.5) is 10.5 Å². The van der Waals surface area contributed by atoms with Crippen molar-refractivity contribution in [3.05, 3.63) is 66.0 Å². The topological polar surface area (TPSA) is 75.9 Å². The predicted molar refractivity (Wildman–Crippen MR) is 93.6 cm³/mol. The number of hydrogen-bond acceptors (Lipinski definition) is 4. The molecule has 2 heterocycles. The van der Waals surface area contributed by atoms with Gasteiger partial charge in [-0.2, -0.15) is 4.68 Å². The highest BCUT2D eigenvalue weighted by Crippen LogP contribution is 2.27. The van der Waals surface area contributed by atoms with E-state index in [1.807, 2.05) is 55.5 Å². The molecule has 1 atom stereocenters. The van der Waals surface area contributed by atoms with E-state index in [1.165, 1.54) is 5.56 Å². The Morgan fingerprint density at radius 2 is 1.88 bits per heavy atom. The van der Waals surface area contributed by atoms with Crippen LogP contribution >= 0.6 is 0 Å². The molecule has 0 spiro atoms. The Morgan fingerprint density at radius 3 is 2.72 bits per heavy atom. The summed E-state index contributed by atoms with van der Waals surface area (Å²) in [4.78, 5) is 14.5. The predicted octanol–water partition coefficient (Wildman–Crippen LogP) is 2.50. The standard InChI is InChI=1S/C18H18N6O/c1-13(17-20-21-22-24(17)15-8-3-2-4-9-15)19-18(25)23-12-11-14-7-5-6-10-16(14)23/h2-10,13H,11-12H2,1H3,(H,19,25)/t13-/m1/s1. The summed E-state index contributed by atoms with van der Waals surface area (Å²) in [6.45, 7) is 2.56. The smallest absolute Gasteiger partial charge is 0.322 e. The van der Waals surface area contributed by atoms with Crippen molar-refractivity contribution in [2.45, 2.75) is 19.4 Å². The third kappa shape index (κ3) is 2.84. The third-order valence-corrected chi connectivity index (χ3v) is 4.35. The van der Waals surface area contributed by atoms with Gasteiger partial charge in [0, 0.05) is 12.2 Å². The SMILES string of the molecule is C[C@@H](NC(=O)N1CCc2ccccc21)c1nnnn1-c1ccccc1. The van der Waals surface area contributed by atoms with Gasteiger partial charge in [-0.3, -0.25) is 4.90 Å². The lowest BCUT2D eigenvalue weighted by atomic mass is 10.2. The van der Waals surface area contributed by atoms with E-state index in [2.05, 4.69) is 26.9 Å². The van der Waals surface area contributed by atoms with Crippen molar-refractivity contribution in [1.82, 2.24) is 25.5 Å². The van der Waals surface area contributed by atoms with Gasteiger partial charge in [0.05, 0.1) is 11.7 Å². The van der Waals surface area contributed by atoms with Crippen LogP contribution in [-0.4, -0.2) is 32.8 Å². The molecule has 0 unspecified atom stereocenters. The van der Waals surface area contributed by atoms with E-state index < -0.39 is 0 Å². The maximum Gasteiger partial charge on any atom is 0.322 e. The highest BCUT2D eigenvalue weighted by molar-refractivity contribution is 5.94. The molecule has 0 radical (unpaired) electrons. The van der Waals surface area contributed by atoms with Crippen LogP contribution in [0.5, 0.6) is 0 Å². The first-order valence-corrected chi connectivity index (χ1v) is 8.23. The van der Waals surface area contributed by atoms with Crippen molar-refractivity contribution < 1.29 is 4.79 Å². The van der Waals surface area contributed by atoms with Gasteiger partial charge in [-0.1, -0.05) is 36.4 Å². The van der Waals surface area contributed by atoms with Gasteiger partial charge in [0.15, 0.2) is 5.82 Å². The van der Waals surface area contributed by atoms with Gasteiger partial charge in [0.2, 0.25) is 0 Å². The summed E-state index contributed by atoms with van der Waals surface area (Å²) < 4.78 is 1.64. The maximum absolute atomic E-state index is 12.7. The number of nitrogens with one attached hydrogen (secondary N) is 1. The van der Waals surface area contributed by atoms with Crippen LogP contribution in [0.3, 0.4) is 0 Å². The van der Waals surface area contributed by atoms with Crippen LogP contribution in [0.25, 0.3) is 5.69 Å². The minimum absolute atomic E-state index is 0.139. The number of rotatable bonds is 3. The molecule has 126 valence electrons. The molecule has 1 aromatic heterocycles. The second kappa shape index (κ2) is 6.35. The van der Waals surface area contributed by atoms with E-state index in [9.17, 15) is 4.79 Å². The third-order valence-electron chi connectivity index (χ3n) is 4.35. The van der Waals surface area contributed by atoms with Crippen LogP contribution in [-0.2, 0) is 6.42 Å². The molecule has 0 saturated carbocycles. The normalized spacial score (nSPS) is 14.2. The lowest BCUT2D eigenvalue weighted by molar-refractivity contribution is 0.243. The Bertz CT molecular complexity index is 891. The summed E-state index contributed by atoms with van der Waals surface area (Å²) in [6, 6.07) is 17.1. The maximum atomic E-state index is 12.7.